The van der Waals surface area contributed by atoms with Crippen LogP contribution in [0.4, 0.5) is 11.4 Å². The fraction of sp³-hybridized carbons (Fsp3) is 0.235. The van der Waals surface area contributed by atoms with E-state index in [4.69, 9.17) is 33.7 Å². The number of anilines is 2. The maximum Gasteiger partial charge on any atom is 0.265 e. The molecule has 2 rings (SSSR count). The van der Waals surface area contributed by atoms with E-state index in [1.165, 1.54) is 0 Å². The predicted molar refractivity (Wildman–Crippen MR) is 95.5 cm³/mol. The number of carbonyl (C=O) groups is 1. The van der Waals surface area contributed by atoms with Gasteiger partial charge in [0.1, 0.15) is 5.75 Å². The van der Waals surface area contributed by atoms with Crippen molar-refractivity contribution in [2.75, 3.05) is 11.1 Å². The summed E-state index contributed by atoms with van der Waals surface area (Å²) >= 11 is 11.9. The van der Waals surface area contributed by atoms with Crippen molar-refractivity contribution in [3.63, 3.8) is 0 Å². The molecular formula is C17H18Cl2N2O2. The van der Waals surface area contributed by atoms with Crippen LogP contribution in [0.25, 0.3) is 0 Å². The molecule has 0 spiro atoms. The number of amides is 1. The molecule has 0 bridgehead atoms. The van der Waals surface area contributed by atoms with Gasteiger partial charge in [-0.2, -0.15) is 0 Å². The maximum atomic E-state index is 12.3. The number of hydrogen-bond acceptors (Lipinski definition) is 3. The lowest BCUT2D eigenvalue weighted by atomic mass is 10.1. The molecule has 23 heavy (non-hydrogen) atoms. The summed E-state index contributed by atoms with van der Waals surface area (Å²) in [6.45, 7) is 5.48. The molecule has 0 saturated carbocycles. The number of halogens is 2. The normalized spacial score (nSPS) is 11.9. The van der Waals surface area contributed by atoms with Gasteiger partial charge in [0.05, 0.1) is 16.4 Å². The molecule has 2 aromatic carbocycles. The summed E-state index contributed by atoms with van der Waals surface area (Å²) in [6, 6.07) is 8.60. The fourth-order valence-electron chi connectivity index (χ4n) is 2.21. The van der Waals surface area contributed by atoms with Gasteiger partial charge in [-0.15, -0.1) is 0 Å². The number of aryl methyl sites for hydroxylation is 2. The lowest BCUT2D eigenvalue weighted by molar-refractivity contribution is -0.122. The highest BCUT2D eigenvalue weighted by molar-refractivity contribution is 6.35. The highest BCUT2D eigenvalue weighted by Crippen LogP contribution is 2.29. The summed E-state index contributed by atoms with van der Waals surface area (Å²) in [6.07, 6.45) is -0.742. The van der Waals surface area contributed by atoms with Gasteiger partial charge in [0, 0.05) is 5.02 Å². The van der Waals surface area contributed by atoms with Crippen molar-refractivity contribution in [1.29, 1.82) is 0 Å². The molecule has 0 aromatic heterocycles. The first-order valence-electron chi connectivity index (χ1n) is 7.07. The van der Waals surface area contributed by atoms with Crippen LogP contribution in [0.15, 0.2) is 30.3 Å². The van der Waals surface area contributed by atoms with Gasteiger partial charge in [-0.1, -0.05) is 29.3 Å². The van der Waals surface area contributed by atoms with Crippen molar-refractivity contribution in [2.24, 2.45) is 0 Å². The first kappa shape index (κ1) is 17.4. The van der Waals surface area contributed by atoms with Gasteiger partial charge >= 0.3 is 0 Å². The van der Waals surface area contributed by atoms with Gasteiger partial charge in [-0.3, -0.25) is 4.79 Å². The Hall–Kier alpha value is -1.91. The average Bonchev–Trinajstić information content (AvgIpc) is 2.45. The van der Waals surface area contributed by atoms with Gasteiger partial charge in [-0.25, -0.2) is 0 Å². The van der Waals surface area contributed by atoms with Gasteiger partial charge in [-0.05, 0) is 56.2 Å². The SMILES string of the molecule is Cc1cc(C)c(NC(=O)[C@H](C)Oc2ccc(Cl)cc2Cl)c(N)c1. The summed E-state index contributed by atoms with van der Waals surface area (Å²) < 4.78 is 5.59. The number of nitrogens with one attached hydrogen (secondary N) is 1. The van der Waals surface area contributed by atoms with Gasteiger partial charge in [0.25, 0.3) is 5.91 Å². The Labute approximate surface area is 145 Å². The summed E-state index contributed by atoms with van der Waals surface area (Å²) in [4.78, 5) is 12.3. The molecule has 0 unspecified atom stereocenters. The fourth-order valence-corrected chi connectivity index (χ4v) is 2.66. The van der Waals surface area contributed by atoms with Crippen LogP contribution < -0.4 is 15.8 Å². The van der Waals surface area contributed by atoms with Gasteiger partial charge < -0.3 is 15.8 Å². The van der Waals surface area contributed by atoms with Crippen LogP contribution in [-0.4, -0.2) is 12.0 Å². The molecule has 0 fully saturated rings. The van der Waals surface area contributed by atoms with Crippen LogP contribution in [0, 0.1) is 13.8 Å². The highest BCUT2D eigenvalue weighted by atomic mass is 35.5. The molecule has 1 atom stereocenters. The van der Waals surface area contributed by atoms with E-state index < -0.39 is 6.10 Å². The van der Waals surface area contributed by atoms with E-state index in [1.54, 1.807) is 25.1 Å². The molecule has 0 saturated heterocycles. The van der Waals surface area contributed by atoms with Gasteiger partial charge in [0.15, 0.2) is 6.10 Å². The lowest BCUT2D eigenvalue weighted by Gasteiger charge is -2.18. The third kappa shape index (κ3) is 4.30. The summed E-state index contributed by atoms with van der Waals surface area (Å²) in [5.74, 6) is 0.0852. The molecule has 0 heterocycles. The van der Waals surface area contributed by atoms with Crippen LogP contribution in [0.3, 0.4) is 0 Å². The standard InChI is InChI=1S/C17H18Cl2N2O2/c1-9-6-10(2)16(14(20)7-9)21-17(22)11(3)23-15-5-4-12(18)8-13(15)19/h4-8,11H,20H2,1-3H3,(H,21,22)/t11-/m0/s1. The van der Waals surface area contributed by atoms with Gasteiger partial charge in [0.2, 0.25) is 0 Å². The van der Waals surface area contributed by atoms with E-state index in [9.17, 15) is 4.79 Å². The summed E-state index contributed by atoms with van der Waals surface area (Å²) in [5, 5.41) is 3.65. The zero-order valence-corrected chi connectivity index (χ0v) is 14.6. The second kappa shape index (κ2) is 7.11. The Morgan fingerprint density at radius 3 is 2.52 bits per heavy atom. The minimum atomic E-state index is -0.742. The molecule has 2 aromatic rings. The molecule has 6 heteroatoms. The van der Waals surface area contributed by atoms with E-state index in [2.05, 4.69) is 5.32 Å². The van der Waals surface area contributed by atoms with E-state index in [-0.39, 0.29) is 5.91 Å². The third-order valence-corrected chi connectivity index (χ3v) is 3.86. The number of ether oxygens (including phenoxy) is 1. The monoisotopic (exact) mass is 352 g/mol. The second-order valence-corrected chi connectivity index (χ2v) is 6.21. The highest BCUT2D eigenvalue weighted by Gasteiger charge is 2.18. The number of carbonyl (C=O) groups excluding carboxylic acids is 1. The number of nitrogens with two attached hydrogens (primary N) is 1. The molecular weight excluding hydrogens is 335 g/mol. The molecule has 0 aliphatic carbocycles. The lowest BCUT2D eigenvalue weighted by Crippen LogP contribution is -2.30. The van der Waals surface area contributed by atoms with Crippen molar-refractivity contribution in [2.45, 2.75) is 26.9 Å². The molecule has 4 nitrogen and oxygen atoms in total. The zero-order chi connectivity index (χ0) is 17.1. The van der Waals surface area contributed by atoms with Crippen molar-refractivity contribution < 1.29 is 9.53 Å². The van der Waals surface area contributed by atoms with Crippen LogP contribution in [0.1, 0.15) is 18.1 Å². The quantitative estimate of drug-likeness (QED) is 0.790. The Bertz CT molecular complexity index is 724. The van der Waals surface area contributed by atoms with Crippen molar-refractivity contribution in [1.82, 2.24) is 0 Å². The minimum Gasteiger partial charge on any atom is -0.479 e. The topological polar surface area (TPSA) is 64.3 Å². The first-order valence-corrected chi connectivity index (χ1v) is 7.83. The van der Waals surface area contributed by atoms with Crippen LogP contribution in [-0.2, 0) is 4.79 Å². The van der Waals surface area contributed by atoms with E-state index in [1.807, 2.05) is 26.0 Å². The second-order valence-electron chi connectivity index (χ2n) is 5.37. The molecule has 0 aliphatic heterocycles. The molecule has 1 amide bonds. The third-order valence-electron chi connectivity index (χ3n) is 3.33. The van der Waals surface area contributed by atoms with Crippen LogP contribution >= 0.6 is 23.2 Å². The summed E-state index contributed by atoms with van der Waals surface area (Å²) in [7, 11) is 0. The van der Waals surface area contributed by atoms with Crippen LogP contribution in [0.5, 0.6) is 5.75 Å². The maximum absolute atomic E-state index is 12.3. The number of hydrogen-bond donors (Lipinski definition) is 2. The Balaban J connectivity index is 2.11. The number of nitrogen functional groups attached to an aromatic ring is 1. The Morgan fingerprint density at radius 2 is 1.91 bits per heavy atom. The van der Waals surface area contributed by atoms with E-state index >= 15 is 0 Å². The van der Waals surface area contributed by atoms with Crippen molar-refractivity contribution in [3.05, 3.63) is 51.5 Å². The van der Waals surface area contributed by atoms with Crippen molar-refractivity contribution in [3.8, 4) is 5.75 Å². The molecule has 0 radical (unpaired) electrons. The molecule has 3 N–H and O–H groups in total. The molecule has 0 aliphatic rings. The number of benzene rings is 2. The largest absolute Gasteiger partial charge is 0.479 e. The Morgan fingerprint density at radius 1 is 1.22 bits per heavy atom. The average molecular weight is 353 g/mol. The number of rotatable bonds is 4. The minimum absolute atomic E-state index is 0.310. The van der Waals surface area contributed by atoms with Crippen LogP contribution in [0.2, 0.25) is 10.0 Å². The van der Waals surface area contributed by atoms with E-state index in [0.29, 0.717) is 27.2 Å². The molecule has 122 valence electrons. The predicted octanol–water partition coefficient (Wildman–Crippen LogP) is 4.60. The Kier molecular flexibility index (Phi) is 5.39. The van der Waals surface area contributed by atoms with E-state index in [0.717, 1.165) is 11.1 Å². The smallest absolute Gasteiger partial charge is 0.265 e. The van der Waals surface area contributed by atoms with Crippen molar-refractivity contribution >= 4 is 40.5 Å². The summed E-state index contributed by atoms with van der Waals surface area (Å²) in [5.41, 5.74) is 9.02. The zero-order valence-electron chi connectivity index (χ0n) is 13.1. The first-order chi connectivity index (χ1) is 10.8.